The van der Waals surface area contributed by atoms with E-state index in [9.17, 15) is 13.2 Å². The second-order valence-corrected chi connectivity index (χ2v) is 8.36. The largest absolute Gasteiger partial charge is 0.495 e. The lowest BCUT2D eigenvalue weighted by Crippen LogP contribution is -2.47. The number of rotatable bonds is 6. The van der Waals surface area contributed by atoms with Crippen LogP contribution in [0.1, 0.15) is 5.56 Å². The molecule has 1 fully saturated rings. The number of nitrogens with zero attached hydrogens (tertiary/aromatic N) is 2. The summed E-state index contributed by atoms with van der Waals surface area (Å²) in [5.74, 6) is 0.117. The van der Waals surface area contributed by atoms with Crippen molar-refractivity contribution >= 4 is 21.6 Å². The van der Waals surface area contributed by atoms with Crippen molar-refractivity contribution in [3.05, 3.63) is 54.1 Å². The van der Waals surface area contributed by atoms with E-state index in [0.717, 1.165) is 9.87 Å². The molecule has 1 saturated heterocycles. The average molecular weight is 404 g/mol. The molecule has 0 spiro atoms. The summed E-state index contributed by atoms with van der Waals surface area (Å²) in [5.41, 5.74) is 1.20. The van der Waals surface area contributed by atoms with Gasteiger partial charge in [0.05, 0.1) is 30.9 Å². The van der Waals surface area contributed by atoms with Gasteiger partial charge in [0.15, 0.2) is 0 Å². The van der Waals surface area contributed by atoms with E-state index in [1.54, 1.807) is 35.2 Å². The van der Waals surface area contributed by atoms with Gasteiger partial charge in [-0.2, -0.15) is 0 Å². The predicted molar refractivity (Wildman–Crippen MR) is 106 cm³/mol. The first-order valence-corrected chi connectivity index (χ1v) is 10.5. The number of amides is 1. The maximum Gasteiger partial charge on any atom is 0.264 e. The van der Waals surface area contributed by atoms with E-state index < -0.39 is 10.0 Å². The van der Waals surface area contributed by atoms with Crippen molar-refractivity contribution < 1.29 is 22.7 Å². The van der Waals surface area contributed by atoms with Crippen molar-refractivity contribution in [1.82, 2.24) is 4.90 Å². The van der Waals surface area contributed by atoms with E-state index in [1.807, 2.05) is 13.0 Å². The Bertz CT molecular complexity index is 925. The molecule has 1 heterocycles. The molecule has 0 aromatic heterocycles. The van der Waals surface area contributed by atoms with Crippen LogP contribution < -0.4 is 9.04 Å². The average Bonchev–Trinajstić information content (AvgIpc) is 2.73. The van der Waals surface area contributed by atoms with Gasteiger partial charge in [0.2, 0.25) is 5.91 Å². The molecule has 0 atom stereocenters. The summed E-state index contributed by atoms with van der Waals surface area (Å²) in [7, 11) is -2.49. The molecule has 8 heteroatoms. The van der Waals surface area contributed by atoms with Crippen LogP contribution in [0.2, 0.25) is 0 Å². The summed E-state index contributed by atoms with van der Waals surface area (Å²) in [4.78, 5) is 14.6. The molecule has 0 N–H and O–H groups in total. The summed E-state index contributed by atoms with van der Waals surface area (Å²) >= 11 is 0. The van der Waals surface area contributed by atoms with Crippen molar-refractivity contribution in [2.24, 2.45) is 0 Å². The predicted octanol–water partition coefficient (Wildman–Crippen LogP) is 2.06. The zero-order valence-electron chi connectivity index (χ0n) is 16.0. The SMILES string of the molecule is COc1ccc(C)cc1N(CC(=O)N1CCOCC1)S(=O)(=O)c1ccccc1. The molecule has 0 radical (unpaired) electrons. The maximum absolute atomic E-state index is 13.4. The first-order chi connectivity index (χ1) is 13.4. The molecule has 0 bridgehead atoms. The lowest BCUT2D eigenvalue weighted by Gasteiger charge is -2.31. The van der Waals surface area contributed by atoms with Gasteiger partial charge in [-0.05, 0) is 36.8 Å². The smallest absolute Gasteiger partial charge is 0.264 e. The summed E-state index contributed by atoms with van der Waals surface area (Å²) < 4.78 is 38.6. The van der Waals surface area contributed by atoms with Gasteiger partial charge in [0, 0.05) is 13.1 Å². The Morgan fingerprint density at radius 2 is 1.82 bits per heavy atom. The molecule has 1 aliphatic heterocycles. The third-order valence-electron chi connectivity index (χ3n) is 4.58. The molecular weight excluding hydrogens is 380 g/mol. The first-order valence-electron chi connectivity index (χ1n) is 9.01. The van der Waals surface area contributed by atoms with Crippen LogP contribution >= 0.6 is 0 Å². The molecule has 2 aromatic rings. The van der Waals surface area contributed by atoms with Crippen molar-refractivity contribution in [3.63, 3.8) is 0 Å². The van der Waals surface area contributed by atoms with Gasteiger partial charge in [-0.1, -0.05) is 24.3 Å². The minimum absolute atomic E-state index is 0.119. The fraction of sp³-hybridized carbons (Fsp3) is 0.350. The van der Waals surface area contributed by atoms with Crippen LogP contribution in [0.25, 0.3) is 0 Å². The molecule has 150 valence electrons. The fourth-order valence-electron chi connectivity index (χ4n) is 3.05. The van der Waals surface area contributed by atoms with Gasteiger partial charge < -0.3 is 14.4 Å². The number of hydrogen-bond donors (Lipinski definition) is 0. The van der Waals surface area contributed by atoms with Crippen LogP contribution in [0, 0.1) is 6.92 Å². The number of hydrogen-bond acceptors (Lipinski definition) is 5. The molecule has 7 nitrogen and oxygen atoms in total. The Kier molecular flexibility index (Phi) is 6.21. The number of carbonyl (C=O) groups is 1. The van der Waals surface area contributed by atoms with Crippen LogP contribution in [0.3, 0.4) is 0 Å². The number of aryl methyl sites for hydroxylation is 1. The number of ether oxygens (including phenoxy) is 2. The van der Waals surface area contributed by atoms with Gasteiger partial charge >= 0.3 is 0 Å². The monoisotopic (exact) mass is 404 g/mol. The number of methoxy groups -OCH3 is 1. The Hall–Kier alpha value is -2.58. The molecule has 0 unspecified atom stereocenters. The number of benzene rings is 2. The summed E-state index contributed by atoms with van der Waals surface area (Å²) in [5, 5.41) is 0. The van der Waals surface area contributed by atoms with E-state index in [-0.39, 0.29) is 17.3 Å². The third kappa shape index (κ3) is 4.28. The lowest BCUT2D eigenvalue weighted by atomic mass is 10.2. The minimum Gasteiger partial charge on any atom is -0.495 e. The Morgan fingerprint density at radius 1 is 1.14 bits per heavy atom. The Morgan fingerprint density at radius 3 is 2.46 bits per heavy atom. The highest BCUT2D eigenvalue weighted by atomic mass is 32.2. The highest BCUT2D eigenvalue weighted by Gasteiger charge is 2.31. The molecular formula is C20H24N2O5S. The topological polar surface area (TPSA) is 76.2 Å². The molecule has 1 amide bonds. The molecule has 1 aliphatic rings. The van der Waals surface area contributed by atoms with Crippen LogP contribution in [-0.2, 0) is 19.6 Å². The van der Waals surface area contributed by atoms with Crippen molar-refractivity contribution in [3.8, 4) is 5.75 Å². The van der Waals surface area contributed by atoms with Crippen molar-refractivity contribution in [1.29, 1.82) is 0 Å². The van der Waals surface area contributed by atoms with Gasteiger partial charge in [-0.3, -0.25) is 9.10 Å². The van der Waals surface area contributed by atoms with E-state index in [4.69, 9.17) is 9.47 Å². The minimum atomic E-state index is -3.96. The van der Waals surface area contributed by atoms with Gasteiger partial charge in [0.25, 0.3) is 10.0 Å². The summed E-state index contributed by atoms with van der Waals surface area (Å²) in [6, 6.07) is 13.3. The number of anilines is 1. The molecule has 28 heavy (non-hydrogen) atoms. The highest BCUT2D eigenvalue weighted by molar-refractivity contribution is 7.92. The number of sulfonamides is 1. The third-order valence-corrected chi connectivity index (χ3v) is 6.35. The van der Waals surface area contributed by atoms with E-state index in [1.165, 1.54) is 19.2 Å². The zero-order valence-corrected chi connectivity index (χ0v) is 16.8. The normalized spacial score (nSPS) is 14.6. The van der Waals surface area contributed by atoms with Crippen LogP contribution in [0.4, 0.5) is 5.69 Å². The Labute approximate surface area is 165 Å². The molecule has 3 rings (SSSR count). The van der Waals surface area contributed by atoms with E-state index in [2.05, 4.69) is 0 Å². The quantitative estimate of drug-likeness (QED) is 0.737. The molecule has 0 saturated carbocycles. The Balaban J connectivity index is 2.04. The second-order valence-electron chi connectivity index (χ2n) is 6.49. The lowest BCUT2D eigenvalue weighted by molar-refractivity contribution is -0.133. The number of carbonyl (C=O) groups excluding carboxylic acids is 1. The van der Waals surface area contributed by atoms with Gasteiger partial charge in [0.1, 0.15) is 12.3 Å². The van der Waals surface area contributed by atoms with Gasteiger partial charge in [-0.25, -0.2) is 8.42 Å². The van der Waals surface area contributed by atoms with Crippen molar-refractivity contribution in [2.45, 2.75) is 11.8 Å². The molecule has 2 aromatic carbocycles. The highest BCUT2D eigenvalue weighted by Crippen LogP contribution is 2.33. The van der Waals surface area contributed by atoms with Gasteiger partial charge in [-0.15, -0.1) is 0 Å². The standard InChI is InChI=1S/C20H24N2O5S/c1-16-8-9-19(26-2)18(14-16)22(15-20(23)21-10-12-27-13-11-21)28(24,25)17-6-4-3-5-7-17/h3-9,14H,10-13,15H2,1-2H3. The fourth-order valence-corrected chi connectivity index (χ4v) is 4.49. The first kappa shape index (κ1) is 20.2. The van der Waals surface area contributed by atoms with E-state index in [0.29, 0.717) is 37.7 Å². The maximum atomic E-state index is 13.4. The van der Waals surface area contributed by atoms with Crippen LogP contribution in [0.5, 0.6) is 5.75 Å². The van der Waals surface area contributed by atoms with E-state index >= 15 is 0 Å². The van der Waals surface area contributed by atoms with Crippen LogP contribution in [-0.4, -0.2) is 59.2 Å². The second kappa shape index (κ2) is 8.62. The molecule has 0 aliphatic carbocycles. The van der Waals surface area contributed by atoms with Crippen LogP contribution in [0.15, 0.2) is 53.4 Å². The zero-order chi connectivity index (χ0) is 20.1. The van der Waals surface area contributed by atoms with Crippen molar-refractivity contribution in [2.75, 3.05) is 44.3 Å². The number of morpholine rings is 1. The summed E-state index contributed by atoms with van der Waals surface area (Å²) in [6.45, 7) is 3.35. The summed E-state index contributed by atoms with van der Waals surface area (Å²) in [6.07, 6.45) is 0.